The third kappa shape index (κ3) is 2.80. The molecule has 3 aromatic rings. The smallest absolute Gasteiger partial charge is 0.300 e. The standard InChI is InChI=1S/C13H9F3N4S/c1-7-6-17-11(19-10(7)13(14,15)16)20-12-18-8-4-2-3-5-9(8)21-12/h2-6H,1H3,(H,17,18,19,20). The van der Waals surface area contributed by atoms with Crippen LogP contribution in [-0.2, 0) is 6.18 Å². The zero-order valence-electron chi connectivity index (χ0n) is 10.8. The highest BCUT2D eigenvalue weighted by Gasteiger charge is 2.35. The van der Waals surface area contributed by atoms with Gasteiger partial charge in [0.1, 0.15) is 0 Å². The number of anilines is 2. The number of fused-ring (bicyclic) bond motifs is 1. The molecule has 0 atom stereocenters. The van der Waals surface area contributed by atoms with Crippen LogP contribution in [0.4, 0.5) is 24.3 Å². The van der Waals surface area contributed by atoms with Gasteiger partial charge in [0.2, 0.25) is 5.95 Å². The minimum atomic E-state index is -4.50. The molecule has 4 nitrogen and oxygen atoms in total. The van der Waals surface area contributed by atoms with Gasteiger partial charge in [-0.05, 0) is 24.6 Å². The number of halogens is 3. The molecule has 0 spiro atoms. The average Bonchev–Trinajstić information content (AvgIpc) is 2.82. The van der Waals surface area contributed by atoms with Gasteiger partial charge in [-0.15, -0.1) is 0 Å². The van der Waals surface area contributed by atoms with Crippen molar-refractivity contribution < 1.29 is 13.2 Å². The molecule has 1 N–H and O–H groups in total. The predicted octanol–water partition coefficient (Wildman–Crippen LogP) is 4.16. The van der Waals surface area contributed by atoms with Gasteiger partial charge in [0, 0.05) is 6.20 Å². The number of hydrogen-bond donors (Lipinski definition) is 1. The number of aromatic nitrogens is 3. The van der Waals surface area contributed by atoms with Crippen molar-refractivity contribution in [1.29, 1.82) is 0 Å². The van der Waals surface area contributed by atoms with Gasteiger partial charge in [0.25, 0.3) is 0 Å². The van der Waals surface area contributed by atoms with E-state index in [-0.39, 0.29) is 11.5 Å². The van der Waals surface area contributed by atoms with E-state index in [1.54, 1.807) is 0 Å². The summed E-state index contributed by atoms with van der Waals surface area (Å²) in [5, 5.41) is 3.17. The Labute approximate surface area is 121 Å². The molecule has 0 aliphatic rings. The number of rotatable bonds is 2. The maximum absolute atomic E-state index is 12.8. The number of thiazole rings is 1. The molecule has 0 saturated carbocycles. The van der Waals surface area contributed by atoms with Crippen molar-refractivity contribution in [2.45, 2.75) is 13.1 Å². The topological polar surface area (TPSA) is 50.7 Å². The van der Waals surface area contributed by atoms with Crippen LogP contribution in [0.3, 0.4) is 0 Å². The fourth-order valence-electron chi connectivity index (χ4n) is 1.81. The fraction of sp³-hybridized carbons (Fsp3) is 0.154. The van der Waals surface area contributed by atoms with E-state index in [4.69, 9.17) is 0 Å². The Morgan fingerprint density at radius 1 is 1.14 bits per heavy atom. The van der Waals surface area contributed by atoms with Crippen LogP contribution in [-0.4, -0.2) is 15.0 Å². The maximum atomic E-state index is 12.8. The van der Waals surface area contributed by atoms with Crippen molar-refractivity contribution in [3.05, 3.63) is 41.7 Å². The third-order valence-corrected chi connectivity index (χ3v) is 3.70. The van der Waals surface area contributed by atoms with Crippen LogP contribution in [0, 0.1) is 6.92 Å². The van der Waals surface area contributed by atoms with E-state index < -0.39 is 11.9 Å². The van der Waals surface area contributed by atoms with E-state index in [2.05, 4.69) is 20.3 Å². The molecule has 0 unspecified atom stereocenters. The molecule has 0 aliphatic carbocycles. The van der Waals surface area contributed by atoms with Gasteiger partial charge in [0.15, 0.2) is 10.8 Å². The number of benzene rings is 1. The Bertz CT molecular complexity index is 764. The van der Waals surface area contributed by atoms with Crippen LogP contribution in [0.15, 0.2) is 30.5 Å². The molecular weight excluding hydrogens is 301 g/mol. The van der Waals surface area contributed by atoms with Gasteiger partial charge < -0.3 is 5.32 Å². The highest BCUT2D eigenvalue weighted by molar-refractivity contribution is 7.22. The van der Waals surface area contributed by atoms with Gasteiger partial charge >= 0.3 is 6.18 Å². The maximum Gasteiger partial charge on any atom is 0.433 e. The van der Waals surface area contributed by atoms with Gasteiger partial charge in [-0.3, -0.25) is 0 Å². The SMILES string of the molecule is Cc1cnc(Nc2nc3ccccc3s2)nc1C(F)(F)F. The number of aryl methyl sites for hydroxylation is 1. The molecule has 0 saturated heterocycles. The Morgan fingerprint density at radius 3 is 2.62 bits per heavy atom. The second-order valence-corrected chi connectivity index (χ2v) is 5.37. The largest absolute Gasteiger partial charge is 0.433 e. The fourth-order valence-corrected chi connectivity index (χ4v) is 2.67. The Kier molecular flexibility index (Phi) is 3.25. The average molecular weight is 310 g/mol. The van der Waals surface area contributed by atoms with E-state index in [0.29, 0.717) is 5.13 Å². The Morgan fingerprint density at radius 2 is 1.90 bits per heavy atom. The molecule has 0 fully saturated rings. The first-order chi connectivity index (χ1) is 9.93. The molecular formula is C13H9F3N4S. The first-order valence-electron chi connectivity index (χ1n) is 5.97. The van der Waals surface area contributed by atoms with Crippen molar-refractivity contribution >= 4 is 32.6 Å². The lowest BCUT2D eigenvalue weighted by atomic mass is 10.2. The van der Waals surface area contributed by atoms with Crippen LogP contribution in [0.2, 0.25) is 0 Å². The summed E-state index contributed by atoms with van der Waals surface area (Å²) in [7, 11) is 0. The minimum Gasteiger partial charge on any atom is -0.300 e. The summed E-state index contributed by atoms with van der Waals surface area (Å²) in [6.45, 7) is 1.32. The lowest BCUT2D eigenvalue weighted by Gasteiger charge is -2.10. The minimum absolute atomic E-state index is 0.0163. The molecule has 21 heavy (non-hydrogen) atoms. The number of nitrogens with zero attached hydrogens (tertiary/aromatic N) is 3. The summed E-state index contributed by atoms with van der Waals surface area (Å²) in [5.41, 5.74) is -0.188. The second-order valence-electron chi connectivity index (χ2n) is 4.33. The third-order valence-electron chi connectivity index (χ3n) is 2.75. The number of para-hydroxylation sites is 1. The molecule has 108 valence electrons. The highest BCUT2D eigenvalue weighted by Crippen LogP contribution is 2.31. The van der Waals surface area contributed by atoms with Crippen molar-refractivity contribution in [3.63, 3.8) is 0 Å². The number of alkyl halides is 3. The van der Waals surface area contributed by atoms with E-state index in [1.807, 2.05) is 24.3 Å². The predicted molar refractivity (Wildman–Crippen MR) is 74.7 cm³/mol. The monoisotopic (exact) mass is 310 g/mol. The van der Waals surface area contributed by atoms with Crippen molar-refractivity contribution in [2.24, 2.45) is 0 Å². The lowest BCUT2D eigenvalue weighted by Crippen LogP contribution is -2.12. The molecule has 0 radical (unpaired) electrons. The van der Waals surface area contributed by atoms with Gasteiger partial charge in [0.05, 0.1) is 10.2 Å². The molecule has 3 rings (SSSR count). The lowest BCUT2D eigenvalue weighted by molar-refractivity contribution is -0.141. The molecule has 8 heteroatoms. The van der Waals surface area contributed by atoms with Gasteiger partial charge in [-0.2, -0.15) is 13.2 Å². The first kappa shape index (κ1) is 13.7. The summed E-state index contributed by atoms with van der Waals surface area (Å²) < 4.78 is 39.3. The summed E-state index contributed by atoms with van der Waals surface area (Å²) in [4.78, 5) is 11.7. The van der Waals surface area contributed by atoms with Crippen LogP contribution in [0.25, 0.3) is 10.2 Å². The van der Waals surface area contributed by atoms with Crippen LogP contribution >= 0.6 is 11.3 Å². The molecule has 1 aromatic carbocycles. The van der Waals surface area contributed by atoms with E-state index in [0.717, 1.165) is 16.4 Å². The van der Waals surface area contributed by atoms with Crippen molar-refractivity contribution in [3.8, 4) is 0 Å². The molecule has 0 amide bonds. The van der Waals surface area contributed by atoms with Crippen LogP contribution in [0.1, 0.15) is 11.3 Å². The quantitative estimate of drug-likeness (QED) is 0.772. The summed E-state index contributed by atoms with van der Waals surface area (Å²) in [5.74, 6) is -0.119. The van der Waals surface area contributed by atoms with E-state index in [9.17, 15) is 13.2 Å². The van der Waals surface area contributed by atoms with Gasteiger partial charge in [-0.25, -0.2) is 15.0 Å². The molecule has 2 aromatic heterocycles. The van der Waals surface area contributed by atoms with Crippen LogP contribution in [0.5, 0.6) is 0 Å². The van der Waals surface area contributed by atoms with Crippen molar-refractivity contribution in [1.82, 2.24) is 15.0 Å². The highest BCUT2D eigenvalue weighted by atomic mass is 32.1. The number of nitrogens with one attached hydrogen (secondary N) is 1. The molecule has 0 bridgehead atoms. The number of hydrogen-bond acceptors (Lipinski definition) is 5. The zero-order chi connectivity index (χ0) is 15.0. The normalized spacial score (nSPS) is 11.8. The summed E-state index contributed by atoms with van der Waals surface area (Å²) in [6, 6.07) is 7.42. The van der Waals surface area contributed by atoms with Crippen molar-refractivity contribution in [2.75, 3.05) is 5.32 Å². The first-order valence-corrected chi connectivity index (χ1v) is 6.78. The van der Waals surface area contributed by atoms with E-state index >= 15 is 0 Å². The summed E-state index contributed by atoms with van der Waals surface area (Å²) in [6.07, 6.45) is -3.36. The Balaban J connectivity index is 1.94. The van der Waals surface area contributed by atoms with Crippen LogP contribution < -0.4 is 5.32 Å². The molecule has 0 aliphatic heterocycles. The molecule has 2 heterocycles. The second kappa shape index (κ2) is 4.96. The zero-order valence-corrected chi connectivity index (χ0v) is 11.6. The Hall–Kier alpha value is -2.22. The van der Waals surface area contributed by atoms with Gasteiger partial charge in [-0.1, -0.05) is 23.5 Å². The summed E-state index contributed by atoms with van der Waals surface area (Å²) >= 11 is 1.33. The van der Waals surface area contributed by atoms with E-state index in [1.165, 1.54) is 18.3 Å².